The van der Waals surface area contributed by atoms with Crippen molar-refractivity contribution in [2.75, 3.05) is 23.3 Å². The molecule has 1 saturated heterocycles. The molecular weight excluding hydrogens is 342 g/mol. The van der Waals surface area contributed by atoms with Crippen molar-refractivity contribution in [2.45, 2.75) is 44.1 Å². The lowest BCUT2D eigenvalue weighted by molar-refractivity contribution is 0.467. The molecule has 0 radical (unpaired) electrons. The Balaban J connectivity index is 1.35. The van der Waals surface area contributed by atoms with Gasteiger partial charge in [0.05, 0.1) is 5.69 Å². The van der Waals surface area contributed by atoms with E-state index in [0.29, 0.717) is 12.0 Å². The van der Waals surface area contributed by atoms with Gasteiger partial charge in [-0.15, -0.1) is 0 Å². The largest absolute Gasteiger partial charge is 0.366 e. The minimum Gasteiger partial charge on any atom is -0.366 e. The maximum Gasteiger partial charge on any atom is 0.264 e. The van der Waals surface area contributed by atoms with E-state index in [4.69, 9.17) is 0 Å². The fourth-order valence-corrected chi connectivity index (χ4v) is 3.88. The Morgan fingerprint density at radius 2 is 2.15 bits per heavy atom. The Labute approximate surface area is 156 Å². The number of H-pyrrole nitrogens is 1. The smallest absolute Gasteiger partial charge is 0.264 e. The second kappa shape index (κ2) is 6.68. The molecule has 2 fully saturated rings. The van der Waals surface area contributed by atoms with Crippen LogP contribution in [0.4, 0.5) is 11.6 Å². The predicted octanol–water partition coefficient (Wildman–Crippen LogP) is 2.16. The molecule has 8 nitrogen and oxygen atoms in total. The SMILES string of the molecule is O=c1ccc(N2CCCCC2CNc2nccn3nc(C4CC4)cc23)n[nH]1. The highest BCUT2D eigenvalue weighted by Crippen LogP contribution is 2.39. The van der Waals surface area contributed by atoms with Crippen LogP contribution < -0.4 is 15.8 Å². The quantitative estimate of drug-likeness (QED) is 0.720. The first-order valence-electron chi connectivity index (χ1n) is 9.68. The van der Waals surface area contributed by atoms with Crippen LogP contribution in [-0.4, -0.2) is 43.9 Å². The molecule has 1 saturated carbocycles. The second-order valence-electron chi connectivity index (χ2n) is 7.45. The van der Waals surface area contributed by atoms with E-state index in [1.54, 1.807) is 12.3 Å². The minimum atomic E-state index is -0.173. The van der Waals surface area contributed by atoms with Crippen LogP contribution in [0.15, 0.2) is 35.4 Å². The Kier molecular flexibility index (Phi) is 4.03. The molecule has 1 aliphatic carbocycles. The van der Waals surface area contributed by atoms with E-state index in [-0.39, 0.29) is 5.56 Å². The minimum absolute atomic E-state index is 0.173. The van der Waals surface area contributed by atoms with Gasteiger partial charge in [-0.25, -0.2) is 14.6 Å². The summed E-state index contributed by atoms with van der Waals surface area (Å²) in [4.78, 5) is 18.1. The van der Waals surface area contributed by atoms with Gasteiger partial charge in [-0.2, -0.15) is 10.2 Å². The monoisotopic (exact) mass is 365 g/mol. The maximum absolute atomic E-state index is 11.3. The molecule has 2 N–H and O–H groups in total. The summed E-state index contributed by atoms with van der Waals surface area (Å²) in [5.41, 5.74) is 2.03. The molecule has 5 rings (SSSR count). The number of nitrogens with one attached hydrogen (secondary N) is 2. The summed E-state index contributed by atoms with van der Waals surface area (Å²) in [6, 6.07) is 5.81. The van der Waals surface area contributed by atoms with Crippen LogP contribution in [0.2, 0.25) is 0 Å². The van der Waals surface area contributed by atoms with E-state index in [1.165, 1.54) is 31.0 Å². The Bertz CT molecular complexity index is 986. The maximum atomic E-state index is 11.3. The van der Waals surface area contributed by atoms with Crippen molar-refractivity contribution >= 4 is 17.2 Å². The summed E-state index contributed by atoms with van der Waals surface area (Å²) in [7, 11) is 0. The summed E-state index contributed by atoms with van der Waals surface area (Å²) < 4.78 is 1.92. The summed E-state index contributed by atoms with van der Waals surface area (Å²) in [6.07, 6.45) is 9.60. The lowest BCUT2D eigenvalue weighted by Gasteiger charge is -2.36. The van der Waals surface area contributed by atoms with Gasteiger partial charge in [-0.3, -0.25) is 4.79 Å². The van der Waals surface area contributed by atoms with Gasteiger partial charge in [0.1, 0.15) is 11.3 Å². The molecule has 140 valence electrons. The molecular formula is C19H23N7O. The van der Waals surface area contributed by atoms with Gasteiger partial charge in [0, 0.05) is 43.5 Å². The van der Waals surface area contributed by atoms with E-state index in [0.717, 1.165) is 43.1 Å². The highest BCUT2D eigenvalue weighted by atomic mass is 16.1. The normalized spacial score (nSPS) is 20.1. The number of fused-ring (bicyclic) bond motifs is 1. The predicted molar refractivity (Wildman–Crippen MR) is 103 cm³/mol. The van der Waals surface area contributed by atoms with Gasteiger partial charge in [-0.05, 0) is 44.2 Å². The van der Waals surface area contributed by atoms with Crippen LogP contribution >= 0.6 is 0 Å². The van der Waals surface area contributed by atoms with Gasteiger partial charge >= 0.3 is 0 Å². The zero-order valence-corrected chi connectivity index (χ0v) is 15.1. The third kappa shape index (κ3) is 3.27. The standard InChI is InChI=1S/C19H23N7O/c27-18-7-6-17(22-23-18)25-9-2-1-3-14(25)12-21-19-16-11-15(13-4-5-13)24-26(16)10-8-20-19/h6-8,10-11,13-14H,1-5,9,12H2,(H,20,21)(H,23,27). The lowest BCUT2D eigenvalue weighted by atomic mass is 10.0. The number of rotatable bonds is 5. The molecule has 1 unspecified atom stereocenters. The average Bonchev–Trinajstić information content (AvgIpc) is 3.46. The first-order valence-corrected chi connectivity index (χ1v) is 9.68. The first kappa shape index (κ1) is 16.3. The molecule has 1 aliphatic heterocycles. The second-order valence-corrected chi connectivity index (χ2v) is 7.45. The third-order valence-electron chi connectivity index (χ3n) is 5.50. The van der Waals surface area contributed by atoms with Crippen LogP contribution in [-0.2, 0) is 0 Å². The summed E-state index contributed by atoms with van der Waals surface area (Å²) >= 11 is 0. The van der Waals surface area contributed by atoms with Crippen LogP contribution in [0.5, 0.6) is 0 Å². The third-order valence-corrected chi connectivity index (χ3v) is 5.50. The van der Waals surface area contributed by atoms with Crippen molar-refractivity contribution in [3.8, 4) is 0 Å². The molecule has 4 heterocycles. The van der Waals surface area contributed by atoms with E-state index < -0.39 is 0 Å². The van der Waals surface area contributed by atoms with Gasteiger partial charge in [0.15, 0.2) is 5.82 Å². The fraction of sp³-hybridized carbons (Fsp3) is 0.474. The summed E-state index contributed by atoms with van der Waals surface area (Å²) in [5.74, 6) is 2.32. The molecule has 27 heavy (non-hydrogen) atoms. The zero-order chi connectivity index (χ0) is 18.2. The number of piperidine rings is 1. The molecule has 0 spiro atoms. The Morgan fingerprint density at radius 1 is 1.22 bits per heavy atom. The summed E-state index contributed by atoms with van der Waals surface area (Å²) in [5, 5.41) is 15.0. The number of hydrogen-bond acceptors (Lipinski definition) is 6. The van der Waals surface area contributed by atoms with Crippen LogP contribution in [0.3, 0.4) is 0 Å². The van der Waals surface area contributed by atoms with Crippen molar-refractivity contribution in [1.29, 1.82) is 0 Å². The number of aromatic amines is 1. The molecule has 1 atom stereocenters. The van der Waals surface area contributed by atoms with Crippen LogP contribution in [0.1, 0.15) is 43.7 Å². The van der Waals surface area contributed by atoms with Gasteiger partial charge in [0.2, 0.25) is 0 Å². The van der Waals surface area contributed by atoms with E-state index in [2.05, 4.69) is 36.6 Å². The molecule has 2 aliphatic rings. The first-order chi connectivity index (χ1) is 13.3. The highest BCUT2D eigenvalue weighted by molar-refractivity contribution is 5.68. The van der Waals surface area contributed by atoms with E-state index in [1.807, 2.05) is 10.7 Å². The van der Waals surface area contributed by atoms with Crippen molar-refractivity contribution < 1.29 is 0 Å². The van der Waals surface area contributed by atoms with Crippen LogP contribution in [0.25, 0.3) is 5.52 Å². The number of hydrogen-bond donors (Lipinski definition) is 2. The molecule has 8 heteroatoms. The van der Waals surface area contributed by atoms with Gasteiger partial charge in [0.25, 0.3) is 5.56 Å². The number of aromatic nitrogens is 5. The van der Waals surface area contributed by atoms with Crippen molar-refractivity contribution in [3.05, 3.63) is 46.6 Å². The Hall–Kier alpha value is -2.90. The molecule has 3 aromatic heterocycles. The van der Waals surface area contributed by atoms with E-state index in [9.17, 15) is 4.79 Å². The lowest BCUT2D eigenvalue weighted by Crippen LogP contribution is -2.44. The highest BCUT2D eigenvalue weighted by Gasteiger charge is 2.27. The van der Waals surface area contributed by atoms with Gasteiger partial charge in [-0.1, -0.05) is 0 Å². The zero-order valence-electron chi connectivity index (χ0n) is 15.1. The molecule has 0 amide bonds. The van der Waals surface area contributed by atoms with Crippen molar-refractivity contribution in [1.82, 2.24) is 24.8 Å². The number of anilines is 2. The molecule has 0 aromatic carbocycles. The van der Waals surface area contributed by atoms with Crippen LogP contribution in [0, 0.1) is 0 Å². The van der Waals surface area contributed by atoms with Crippen molar-refractivity contribution in [2.24, 2.45) is 0 Å². The molecule has 0 bridgehead atoms. The van der Waals surface area contributed by atoms with Gasteiger partial charge < -0.3 is 10.2 Å². The number of nitrogens with zero attached hydrogens (tertiary/aromatic N) is 5. The average molecular weight is 365 g/mol. The van der Waals surface area contributed by atoms with E-state index >= 15 is 0 Å². The summed E-state index contributed by atoms with van der Waals surface area (Å²) in [6.45, 7) is 1.72. The van der Waals surface area contributed by atoms with Crippen molar-refractivity contribution in [3.63, 3.8) is 0 Å². The topological polar surface area (TPSA) is 91.2 Å². The Morgan fingerprint density at radius 3 is 2.96 bits per heavy atom. The fourth-order valence-electron chi connectivity index (χ4n) is 3.88. The molecule has 3 aromatic rings.